The third-order valence-corrected chi connectivity index (χ3v) is 3.68. The third-order valence-electron chi connectivity index (χ3n) is 3.68. The summed E-state index contributed by atoms with van der Waals surface area (Å²) in [5, 5.41) is 4.31. The molecular formula is C16H22ClN3O. The molecule has 0 radical (unpaired) electrons. The number of hydrogen-bond acceptors (Lipinski definition) is 3. The fourth-order valence-corrected chi connectivity index (χ4v) is 2.19. The van der Waals surface area contributed by atoms with Crippen LogP contribution in [0.4, 0.5) is 0 Å². The molecule has 0 spiro atoms. The summed E-state index contributed by atoms with van der Waals surface area (Å²) in [7, 11) is 0. The highest BCUT2D eigenvalue weighted by atomic mass is 35.5. The Bertz CT molecular complexity index is 593. The number of aromatic nitrogens is 2. The SMILES string of the molecule is Cc1ccc(-c2cnn(CCN)c2)cc1OCC1CC1.Cl. The van der Waals surface area contributed by atoms with E-state index in [0.29, 0.717) is 6.54 Å². The first-order chi connectivity index (χ1) is 9.76. The van der Waals surface area contributed by atoms with Gasteiger partial charge in [0.1, 0.15) is 5.75 Å². The van der Waals surface area contributed by atoms with Gasteiger partial charge in [-0.05, 0) is 42.9 Å². The van der Waals surface area contributed by atoms with Crippen molar-refractivity contribution in [2.45, 2.75) is 26.3 Å². The van der Waals surface area contributed by atoms with E-state index in [1.165, 1.54) is 18.4 Å². The van der Waals surface area contributed by atoms with E-state index in [-0.39, 0.29) is 12.4 Å². The largest absolute Gasteiger partial charge is 0.493 e. The van der Waals surface area contributed by atoms with Crippen molar-refractivity contribution in [3.8, 4) is 16.9 Å². The molecule has 4 nitrogen and oxygen atoms in total. The van der Waals surface area contributed by atoms with E-state index in [4.69, 9.17) is 10.5 Å². The van der Waals surface area contributed by atoms with Crippen LogP contribution in [0.25, 0.3) is 11.1 Å². The molecule has 0 bridgehead atoms. The van der Waals surface area contributed by atoms with Crippen molar-refractivity contribution < 1.29 is 4.74 Å². The fraction of sp³-hybridized carbons (Fsp3) is 0.438. The normalized spacial score (nSPS) is 13.8. The summed E-state index contributed by atoms with van der Waals surface area (Å²) in [5.41, 5.74) is 8.98. The second-order valence-corrected chi connectivity index (χ2v) is 5.52. The highest BCUT2D eigenvalue weighted by Gasteiger charge is 2.22. The van der Waals surface area contributed by atoms with Crippen LogP contribution in [0.5, 0.6) is 5.75 Å². The van der Waals surface area contributed by atoms with Crippen LogP contribution in [-0.4, -0.2) is 22.9 Å². The van der Waals surface area contributed by atoms with Crippen LogP contribution in [0.1, 0.15) is 18.4 Å². The van der Waals surface area contributed by atoms with Crippen molar-refractivity contribution >= 4 is 12.4 Å². The van der Waals surface area contributed by atoms with Crippen LogP contribution < -0.4 is 10.5 Å². The van der Waals surface area contributed by atoms with E-state index < -0.39 is 0 Å². The number of halogens is 1. The Morgan fingerprint density at radius 3 is 2.86 bits per heavy atom. The highest BCUT2D eigenvalue weighted by molar-refractivity contribution is 5.85. The van der Waals surface area contributed by atoms with Crippen LogP contribution in [0.2, 0.25) is 0 Å². The average Bonchev–Trinajstić information content (AvgIpc) is 3.16. The molecule has 21 heavy (non-hydrogen) atoms. The Kier molecular flexibility index (Phi) is 5.26. The maximum Gasteiger partial charge on any atom is 0.122 e. The van der Waals surface area contributed by atoms with Crippen molar-refractivity contribution in [3.05, 3.63) is 36.2 Å². The van der Waals surface area contributed by atoms with E-state index in [1.807, 2.05) is 17.1 Å². The van der Waals surface area contributed by atoms with Gasteiger partial charge in [-0.1, -0.05) is 12.1 Å². The Morgan fingerprint density at radius 2 is 2.14 bits per heavy atom. The Morgan fingerprint density at radius 1 is 1.33 bits per heavy atom. The van der Waals surface area contributed by atoms with Crippen LogP contribution in [0.15, 0.2) is 30.6 Å². The molecule has 1 fully saturated rings. The first kappa shape index (κ1) is 15.9. The number of benzene rings is 1. The molecule has 114 valence electrons. The predicted molar refractivity (Wildman–Crippen MR) is 86.9 cm³/mol. The van der Waals surface area contributed by atoms with E-state index in [2.05, 4.69) is 30.2 Å². The zero-order valence-corrected chi connectivity index (χ0v) is 13.1. The second-order valence-electron chi connectivity index (χ2n) is 5.52. The molecule has 2 N–H and O–H groups in total. The van der Waals surface area contributed by atoms with E-state index >= 15 is 0 Å². The summed E-state index contributed by atoms with van der Waals surface area (Å²) in [6.07, 6.45) is 6.53. The van der Waals surface area contributed by atoms with Gasteiger partial charge in [0.25, 0.3) is 0 Å². The molecule has 0 saturated heterocycles. The smallest absolute Gasteiger partial charge is 0.122 e. The van der Waals surface area contributed by atoms with Gasteiger partial charge in [-0.3, -0.25) is 4.68 Å². The summed E-state index contributed by atoms with van der Waals surface area (Å²) in [6.45, 7) is 4.28. The van der Waals surface area contributed by atoms with Crippen molar-refractivity contribution in [1.82, 2.24) is 9.78 Å². The minimum Gasteiger partial charge on any atom is -0.493 e. The number of aryl methyl sites for hydroxylation is 1. The number of rotatable bonds is 6. The fourth-order valence-electron chi connectivity index (χ4n) is 2.19. The average molecular weight is 308 g/mol. The topological polar surface area (TPSA) is 53.1 Å². The second kappa shape index (κ2) is 6.96. The van der Waals surface area contributed by atoms with Gasteiger partial charge >= 0.3 is 0 Å². The van der Waals surface area contributed by atoms with Gasteiger partial charge in [-0.2, -0.15) is 5.10 Å². The zero-order valence-electron chi connectivity index (χ0n) is 12.3. The number of hydrogen-bond donors (Lipinski definition) is 1. The molecule has 0 amide bonds. The molecule has 1 aromatic carbocycles. The standard InChI is InChI=1S/C16H21N3O.ClH/c1-12-2-5-14(8-16(12)20-11-13-3-4-13)15-9-18-19(10-15)7-6-17;/h2,5,8-10,13H,3-4,6-7,11,17H2,1H3;1H. The van der Waals surface area contributed by atoms with Gasteiger partial charge in [-0.15, -0.1) is 12.4 Å². The Labute approximate surface area is 131 Å². The van der Waals surface area contributed by atoms with Crippen molar-refractivity contribution in [2.24, 2.45) is 11.7 Å². The lowest BCUT2D eigenvalue weighted by molar-refractivity contribution is 0.298. The minimum absolute atomic E-state index is 0. The monoisotopic (exact) mass is 307 g/mol. The summed E-state index contributed by atoms with van der Waals surface area (Å²) < 4.78 is 7.80. The molecule has 0 aliphatic heterocycles. The summed E-state index contributed by atoms with van der Waals surface area (Å²) in [5.74, 6) is 1.76. The van der Waals surface area contributed by atoms with E-state index in [1.54, 1.807) is 0 Å². The van der Waals surface area contributed by atoms with E-state index in [0.717, 1.165) is 35.9 Å². The molecule has 1 aliphatic carbocycles. The molecule has 1 aromatic heterocycles. The number of ether oxygens (including phenoxy) is 1. The van der Waals surface area contributed by atoms with Gasteiger partial charge in [-0.25, -0.2) is 0 Å². The van der Waals surface area contributed by atoms with Crippen LogP contribution in [0, 0.1) is 12.8 Å². The lowest BCUT2D eigenvalue weighted by Crippen LogP contribution is -2.09. The van der Waals surface area contributed by atoms with Crippen molar-refractivity contribution in [3.63, 3.8) is 0 Å². The highest BCUT2D eigenvalue weighted by Crippen LogP contribution is 2.32. The Hall–Kier alpha value is -1.52. The molecule has 1 aliphatic rings. The van der Waals surface area contributed by atoms with Gasteiger partial charge in [0.2, 0.25) is 0 Å². The first-order valence-electron chi connectivity index (χ1n) is 7.22. The van der Waals surface area contributed by atoms with Crippen molar-refractivity contribution in [1.29, 1.82) is 0 Å². The van der Waals surface area contributed by atoms with Gasteiger partial charge in [0.15, 0.2) is 0 Å². The lowest BCUT2D eigenvalue weighted by atomic mass is 10.1. The summed E-state index contributed by atoms with van der Waals surface area (Å²) >= 11 is 0. The Balaban J connectivity index is 0.00000161. The van der Waals surface area contributed by atoms with Gasteiger partial charge < -0.3 is 10.5 Å². The van der Waals surface area contributed by atoms with Crippen LogP contribution in [0.3, 0.4) is 0 Å². The molecule has 1 heterocycles. The minimum atomic E-state index is 0. The predicted octanol–water partition coefficient (Wildman–Crippen LogP) is 3.03. The quantitative estimate of drug-likeness (QED) is 0.892. The number of nitrogens with zero attached hydrogens (tertiary/aromatic N) is 2. The number of nitrogens with two attached hydrogens (primary N) is 1. The molecule has 0 atom stereocenters. The summed E-state index contributed by atoms with van der Waals surface area (Å²) in [4.78, 5) is 0. The van der Waals surface area contributed by atoms with Crippen LogP contribution >= 0.6 is 12.4 Å². The molecule has 1 saturated carbocycles. The lowest BCUT2D eigenvalue weighted by Gasteiger charge is -2.10. The molecule has 5 heteroatoms. The zero-order chi connectivity index (χ0) is 13.9. The van der Waals surface area contributed by atoms with E-state index in [9.17, 15) is 0 Å². The van der Waals surface area contributed by atoms with Gasteiger partial charge in [0.05, 0.1) is 19.3 Å². The first-order valence-corrected chi connectivity index (χ1v) is 7.22. The molecule has 3 rings (SSSR count). The molecular weight excluding hydrogens is 286 g/mol. The molecule has 0 unspecified atom stereocenters. The maximum atomic E-state index is 5.93. The van der Waals surface area contributed by atoms with Crippen LogP contribution in [-0.2, 0) is 6.54 Å². The summed E-state index contributed by atoms with van der Waals surface area (Å²) in [6, 6.07) is 6.34. The maximum absolute atomic E-state index is 5.93. The molecule has 2 aromatic rings. The van der Waals surface area contributed by atoms with Gasteiger partial charge in [0, 0.05) is 18.3 Å². The van der Waals surface area contributed by atoms with Crippen molar-refractivity contribution in [2.75, 3.05) is 13.2 Å². The third kappa shape index (κ3) is 3.99.